The molecule has 0 radical (unpaired) electrons. The molecule has 0 amide bonds. The van der Waals surface area contributed by atoms with Crippen molar-refractivity contribution >= 4 is 5.97 Å². The number of rotatable bonds is 3. The number of nitrogens with two attached hydrogens (primary N) is 1. The largest absolute Gasteiger partial charge is 0.461 e. The molecule has 0 unspecified atom stereocenters. The first kappa shape index (κ1) is 12.1. The van der Waals surface area contributed by atoms with Crippen LogP contribution in [-0.4, -0.2) is 12.0 Å². The fourth-order valence-electron chi connectivity index (χ4n) is 2.19. The van der Waals surface area contributed by atoms with Gasteiger partial charge in [-0.15, -0.1) is 0 Å². The van der Waals surface area contributed by atoms with Gasteiger partial charge in [0.15, 0.2) is 0 Å². The third kappa shape index (κ3) is 2.34. The zero-order valence-corrected chi connectivity index (χ0v) is 10.3. The lowest BCUT2D eigenvalue weighted by atomic mass is 9.59. The zero-order valence-electron chi connectivity index (χ0n) is 10.3. The number of esters is 1. The number of carbonyl (C=O) groups excluding carboxylic acids is 1. The first-order valence-corrected chi connectivity index (χ1v) is 5.98. The molecule has 1 saturated carbocycles. The Labute approximate surface area is 102 Å². The van der Waals surface area contributed by atoms with Crippen LogP contribution in [0.4, 0.5) is 0 Å². The van der Waals surface area contributed by atoms with Gasteiger partial charge in [-0.25, -0.2) is 0 Å². The van der Waals surface area contributed by atoms with Crippen LogP contribution in [0.5, 0.6) is 0 Å². The van der Waals surface area contributed by atoms with Crippen molar-refractivity contribution in [3.8, 4) is 0 Å². The Bertz CT molecular complexity index is 400. The molecule has 2 N–H and O–H groups in total. The summed E-state index contributed by atoms with van der Waals surface area (Å²) in [4.78, 5) is 11.9. The highest BCUT2D eigenvalue weighted by atomic mass is 16.5. The van der Waals surface area contributed by atoms with Crippen molar-refractivity contribution in [2.75, 3.05) is 0 Å². The third-order valence-corrected chi connectivity index (χ3v) is 3.85. The van der Waals surface area contributed by atoms with Crippen LogP contribution in [0.1, 0.15) is 25.8 Å². The molecular weight excluding hydrogens is 214 g/mol. The second kappa shape index (κ2) is 4.49. The number of hydrogen-bond acceptors (Lipinski definition) is 3. The minimum absolute atomic E-state index is 0.0544. The van der Waals surface area contributed by atoms with Gasteiger partial charge in [0.05, 0.1) is 5.92 Å². The molecule has 0 spiro atoms. The van der Waals surface area contributed by atoms with Gasteiger partial charge in [-0.05, 0) is 17.4 Å². The van der Waals surface area contributed by atoms with E-state index in [0.29, 0.717) is 6.61 Å². The molecule has 0 aliphatic heterocycles. The zero-order chi connectivity index (χ0) is 12.5. The van der Waals surface area contributed by atoms with Crippen LogP contribution in [0.2, 0.25) is 0 Å². The van der Waals surface area contributed by atoms with E-state index in [4.69, 9.17) is 10.5 Å². The summed E-state index contributed by atoms with van der Waals surface area (Å²) in [6.07, 6.45) is 0.737. The topological polar surface area (TPSA) is 52.3 Å². The van der Waals surface area contributed by atoms with E-state index in [1.165, 1.54) is 0 Å². The van der Waals surface area contributed by atoms with E-state index in [1.54, 1.807) is 0 Å². The van der Waals surface area contributed by atoms with Crippen LogP contribution in [-0.2, 0) is 16.1 Å². The summed E-state index contributed by atoms with van der Waals surface area (Å²) in [5.74, 6) is -0.179. The fourth-order valence-corrected chi connectivity index (χ4v) is 2.19. The maximum absolute atomic E-state index is 11.9. The molecule has 3 heteroatoms. The molecule has 0 heterocycles. The van der Waals surface area contributed by atoms with Crippen molar-refractivity contribution < 1.29 is 9.53 Å². The monoisotopic (exact) mass is 233 g/mol. The lowest BCUT2D eigenvalue weighted by molar-refractivity contribution is -0.162. The highest BCUT2D eigenvalue weighted by Gasteiger charge is 2.50. The summed E-state index contributed by atoms with van der Waals surface area (Å²) in [6, 6.07) is 9.82. The molecular formula is C14H19NO2. The Hall–Kier alpha value is -1.35. The van der Waals surface area contributed by atoms with E-state index in [-0.39, 0.29) is 23.3 Å². The average Bonchev–Trinajstić information content (AvgIpc) is 2.34. The molecule has 1 aliphatic carbocycles. The maximum Gasteiger partial charge on any atom is 0.309 e. The second-order valence-corrected chi connectivity index (χ2v) is 5.31. The van der Waals surface area contributed by atoms with Crippen LogP contribution in [0.3, 0.4) is 0 Å². The number of ether oxygens (including phenoxy) is 1. The normalized spacial score (nSPS) is 26.1. The molecule has 17 heavy (non-hydrogen) atoms. The van der Waals surface area contributed by atoms with Crippen molar-refractivity contribution in [2.24, 2.45) is 17.1 Å². The molecule has 2 atom stereocenters. The quantitative estimate of drug-likeness (QED) is 0.813. The molecule has 2 rings (SSSR count). The highest BCUT2D eigenvalue weighted by molar-refractivity contribution is 5.75. The van der Waals surface area contributed by atoms with E-state index < -0.39 is 0 Å². The Kier molecular flexibility index (Phi) is 3.20. The first-order valence-electron chi connectivity index (χ1n) is 5.98. The van der Waals surface area contributed by atoms with Crippen LogP contribution < -0.4 is 5.73 Å². The predicted molar refractivity (Wildman–Crippen MR) is 66.1 cm³/mol. The van der Waals surface area contributed by atoms with Gasteiger partial charge in [0.2, 0.25) is 0 Å². The van der Waals surface area contributed by atoms with Gasteiger partial charge in [0.25, 0.3) is 0 Å². The minimum Gasteiger partial charge on any atom is -0.461 e. The molecule has 3 nitrogen and oxygen atoms in total. The third-order valence-electron chi connectivity index (χ3n) is 3.85. The smallest absolute Gasteiger partial charge is 0.309 e. The van der Waals surface area contributed by atoms with Crippen molar-refractivity contribution in [3.05, 3.63) is 35.9 Å². The second-order valence-electron chi connectivity index (χ2n) is 5.31. The lowest BCUT2D eigenvalue weighted by Gasteiger charge is -2.48. The molecule has 0 aromatic heterocycles. The summed E-state index contributed by atoms with van der Waals surface area (Å²) >= 11 is 0. The Morgan fingerprint density at radius 3 is 2.59 bits per heavy atom. The van der Waals surface area contributed by atoms with Gasteiger partial charge in [-0.1, -0.05) is 44.2 Å². The molecule has 92 valence electrons. The summed E-state index contributed by atoms with van der Waals surface area (Å²) in [5.41, 5.74) is 6.77. The fraction of sp³-hybridized carbons (Fsp3) is 0.500. The molecule has 1 aliphatic rings. The van der Waals surface area contributed by atoms with Crippen molar-refractivity contribution in [1.82, 2.24) is 0 Å². The van der Waals surface area contributed by atoms with E-state index >= 15 is 0 Å². The summed E-state index contributed by atoms with van der Waals surface area (Å²) in [5, 5.41) is 0. The summed E-state index contributed by atoms with van der Waals surface area (Å²) in [7, 11) is 0. The maximum atomic E-state index is 11.9. The summed E-state index contributed by atoms with van der Waals surface area (Å²) in [6.45, 7) is 4.40. The van der Waals surface area contributed by atoms with E-state index in [0.717, 1.165) is 12.0 Å². The molecule has 1 aromatic carbocycles. The van der Waals surface area contributed by atoms with Crippen molar-refractivity contribution in [3.63, 3.8) is 0 Å². The van der Waals surface area contributed by atoms with Crippen LogP contribution in [0.25, 0.3) is 0 Å². The lowest BCUT2D eigenvalue weighted by Crippen LogP contribution is -2.57. The molecule has 0 saturated heterocycles. The van der Waals surface area contributed by atoms with Gasteiger partial charge in [-0.3, -0.25) is 4.79 Å². The molecule has 0 bridgehead atoms. The van der Waals surface area contributed by atoms with E-state index in [9.17, 15) is 4.79 Å². The number of hydrogen-bond donors (Lipinski definition) is 1. The number of carbonyl (C=O) groups is 1. The average molecular weight is 233 g/mol. The van der Waals surface area contributed by atoms with Crippen molar-refractivity contribution in [1.29, 1.82) is 0 Å². The number of benzene rings is 1. The van der Waals surface area contributed by atoms with Crippen LogP contribution in [0, 0.1) is 11.3 Å². The standard InChI is InChI=1S/C14H19NO2/c1-14(2)11(8-12(14)15)13(16)17-9-10-6-4-3-5-7-10/h3-7,11-12H,8-9,15H2,1-2H3/t11-,12-/m0/s1. The van der Waals surface area contributed by atoms with Gasteiger partial charge in [0, 0.05) is 6.04 Å². The van der Waals surface area contributed by atoms with Gasteiger partial charge in [0.1, 0.15) is 6.61 Å². The molecule has 1 fully saturated rings. The Balaban J connectivity index is 1.87. The van der Waals surface area contributed by atoms with E-state index in [1.807, 2.05) is 44.2 Å². The summed E-state index contributed by atoms with van der Waals surface area (Å²) < 4.78 is 5.32. The van der Waals surface area contributed by atoms with Gasteiger partial charge < -0.3 is 10.5 Å². The van der Waals surface area contributed by atoms with Crippen molar-refractivity contribution in [2.45, 2.75) is 32.9 Å². The predicted octanol–water partition coefficient (Wildman–Crippen LogP) is 2.10. The Morgan fingerprint density at radius 1 is 1.41 bits per heavy atom. The molecule has 1 aromatic rings. The van der Waals surface area contributed by atoms with Crippen LogP contribution >= 0.6 is 0 Å². The minimum atomic E-state index is -0.131. The first-order chi connectivity index (χ1) is 8.01. The van der Waals surface area contributed by atoms with Gasteiger partial charge >= 0.3 is 5.97 Å². The van der Waals surface area contributed by atoms with Gasteiger partial charge in [-0.2, -0.15) is 0 Å². The van der Waals surface area contributed by atoms with Crippen LogP contribution in [0.15, 0.2) is 30.3 Å². The Morgan fingerprint density at radius 2 is 2.06 bits per heavy atom. The SMILES string of the molecule is CC1(C)[C@@H](N)C[C@H]1C(=O)OCc1ccccc1. The van der Waals surface area contributed by atoms with E-state index in [2.05, 4.69) is 0 Å². The highest BCUT2D eigenvalue weighted by Crippen LogP contribution is 2.45.